The summed E-state index contributed by atoms with van der Waals surface area (Å²) in [5.74, 6) is -0.468. The van der Waals surface area contributed by atoms with Crippen molar-refractivity contribution in [1.82, 2.24) is 0 Å². The lowest BCUT2D eigenvalue weighted by Gasteiger charge is -2.24. The zero-order valence-corrected chi connectivity index (χ0v) is 17.2. The fourth-order valence-electron chi connectivity index (χ4n) is 3.38. The molecule has 2 nitrogen and oxygen atoms in total. The molecule has 31 heavy (non-hydrogen) atoms. The van der Waals surface area contributed by atoms with Crippen LogP contribution in [0, 0.1) is 0 Å². The standard InChI is InChI=1S/C25H18F3O2P/c26-25(27,28)22-16-8-9-17-23(22)30-31(29,20-13-5-2-6-14-20)24-18-10-7-15-21(24)19-11-3-1-4-12-19/h1-18H. The lowest BCUT2D eigenvalue weighted by atomic mass is 10.1. The van der Waals surface area contributed by atoms with E-state index in [1.54, 1.807) is 54.6 Å². The molecule has 0 bridgehead atoms. The zero-order valence-electron chi connectivity index (χ0n) is 16.3. The summed E-state index contributed by atoms with van der Waals surface area (Å²) in [7, 11) is -3.95. The molecule has 4 rings (SSSR count). The maximum atomic E-state index is 14.5. The first kappa shape index (κ1) is 21.0. The van der Waals surface area contributed by atoms with Crippen LogP contribution in [0.4, 0.5) is 13.2 Å². The van der Waals surface area contributed by atoms with Gasteiger partial charge in [0.15, 0.2) is 0 Å². The number of para-hydroxylation sites is 1. The third-order valence-corrected chi connectivity index (χ3v) is 7.28. The van der Waals surface area contributed by atoms with E-state index in [1.165, 1.54) is 18.2 Å². The molecule has 0 aliphatic carbocycles. The van der Waals surface area contributed by atoms with Crippen LogP contribution in [0.2, 0.25) is 0 Å². The second-order valence-electron chi connectivity index (χ2n) is 6.86. The van der Waals surface area contributed by atoms with Gasteiger partial charge in [-0.05, 0) is 41.5 Å². The molecule has 4 aromatic rings. The van der Waals surface area contributed by atoms with Crippen LogP contribution in [0.15, 0.2) is 109 Å². The summed E-state index contributed by atoms with van der Waals surface area (Å²) in [6.45, 7) is 0. The van der Waals surface area contributed by atoms with Crippen LogP contribution >= 0.6 is 7.37 Å². The van der Waals surface area contributed by atoms with E-state index in [0.717, 1.165) is 11.6 Å². The quantitative estimate of drug-likeness (QED) is 0.325. The highest BCUT2D eigenvalue weighted by Gasteiger charge is 2.38. The van der Waals surface area contributed by atoms with Gasteiger partial charge in [0.05, 0.1) is 16.2 Å². The predicted molar refractivity (Wildman–Crippen MR) is 117 cm³/mol. The Morgan fingerprint density at radius 2 is 1.19 bits per heavy atom. The first-order valence-electron chi connectivity index (χ1n) is 9.56. The SMILES string of the molecule is O=P(Oc1ccccc1C(F)(F)F)(c1ccccc1)c1ccccc1-c1ccccc1. The van der Waals surface area contributed by atoms with Crippen LogP contribution in [0.25, 0.3) is 11.1 Å². The summed E-state index contributed by atoms with van der Waals surface area (Å²) in [6, 6.07) is 29.4. The third kappa shape index (κ3) is 4.28. The highest BCUT2D eigenvalue weighted by molar-refractivity contribution is 7.75. The van der Waals surface area contributed by atoms with Crippen molar-refractivity contribution >= 4 is 18.0 Å². The van der Waals surface area contributed by atoms with Crippen molar-refractivity contribution in [1.29, 1.82) is 0 Å². The molecule has 0 amide bonds. The Bertz CT molecular complexity index is 1220. The fraction of sp³-hybridized carbons (Fsp3) is 0.0400. The van der Waals surface area contributed by atoms with E-state index in [-0.39, 0.29) is 0 Å². The molecule has 0 fully saturated rings. The van der Waals surface area contributed by atoms with E-state index in [4.69, 9.17) is 4.52 Å². The Balaban J connectivity index is 1.94. The summed E-state index contributed by atoms with van der Waals surface area (Å²) in [5, 5.41) is 0.653. The van der Waals surface area contributed by atoms with Crippen molar-refractivity contribution in [2.45, 2.75) is 6.18 Å². The minimum atomic E-state index is -4.64. The molecule has 0 N–H and O–H groups in total. The van der Waals surface area contributed by atoms with Crippen molar-refractivity contribution in [3.63, 3.8) is 0 Å². The molecular formula is C25H18F3O2P. The molecule has 6 heteroatoms. The topological polar surface area (TPSA) is 26.3 Å². The van der Waals surface area contributed by atoms with Crippen LogP contribution in [-0.4, -0.2) is 0 Å². The normalized spacial score (nSPS) is 13.4. The van der Waals surface area contributed by atoms with Gasteiger partial charge >= 0.3 is 13.5 Å². The fourth-order valence-corrected chi connectivity index (χ4v) is 5.66. The summed E-state index contributed by atoms with van der Waals surface area (Å²) in [5.41, 5.74) is 0.463. The van der Waals surface area contributed by atoms with Gasteiger partial charge in [0.2, 0.25) is 0 Å². The van der Waals surface area contributed by atoms with E-state index in [9.17, 15) is 17.7 Å². The lowest BCUT2D eigenvalue weighted by molar-refractivity contribution is -0.138. The van der Waals surface area contributed by atoms with Gasteiger partial charge in [0.1, 0.15) is 5.75 Å². The maximum Gasteiger partial charge on any atom is 0.419 e. The van der Waals surface area contributed by atoms with Gasteiger partial charge in [-0.15, -0.1) is 0 Å². The molecule has 0 saturated heterocycles. The second kappa shape index (κ2) is 8.44. The number of alkyl halides is 3. The van der Waals surface area contributed by atoms with Gasteiger partial charge in [-0.1, -0.05) is 78.9 Å². The predicted octanol–water partition coefficient (Wildman–Crippen LogP) is 6.68. The van der Waals surface area contributed by atoms with Crippen LogP contribution in [-0.2, 0) is 10.7 Å². The Labute approximate surface area is 178 Å². The highest BCUT2D eigenvalue weighted by Crippen LogP contribution is 2.50. The number of hydrogen-bond acceptors (Lipinski definition) is 2. The Kier molecular flexibility index (Phi) is 5.71. The van der Waals surface area contributed by atoms with Crippen molar-refractivity contribution in [3.05, 3.63) is 115 Å². The van der Waals surface area contributed by atoms with Crippen LogP contribution in [0.3, 0.4) is 0 Å². The van der Waals surface area contributed by atoms with E-state index < -0.39 is 24.9 Å². The molecule has 1 unspecified atom stereocenters. The molecule has 0 radical (unpaired) electrons. The summed E-state index contributed by atoms with van der Waals surface area (Å²) >= 11 is 0. The minimum absolute atomic E-state index is 0.315. The number of rotatable bonds is 5. The summed E-state index contributed by atoms with van der Waals surface area (Å²) < 4.78 is 61.1. The number of hydrogen-bond donors (Lipinski definition) is 0. The van der Waals surface area contributed by atoms with Gasteiger partial charge in [-0.2, -0.15) is 13.2 Å². The molecule has 4 aromatic carbocycles. The van der Waals surface area contributed by atoms with Crippen LogP contribution < -0.4 is 15.1 Å². The molecule has 156 valence electrons. The third-order valence-electron chi connectivity index (χ3n) is 4.82. The molecular weight excluding hydrogens is 420 g/mol. The smallest absolute Gasteiger partial charge is 0.419 e. The maximum absolute atomic E-state index is 14.5. The van der Waals surface area contributed by atoms with E-state index in [2.05, 4.69) is 0 Å². The first-order chi connectivity index (χ1) is 14.9. The largest absolute Gasteiger partial charge is 0.436 e. The van der Waals surface area contributed by atoms with Crippen molar-refractivity contribution in [2.24, 2.45) is 0 Å². The van der Waals surface area contributed by atoms with E-state index in [0.29, 0.717) is 16.2 Å². The molecule has 0 aliphatic heterocycles. The van der Waals surface area contributed by atoms with E-state index >= 15 is 0 Å². The van der Waals surface area contributed by atoms with Crippen molar-refractivity contribution in [3.8, 4) is 16.9 Å². The Hall–Kier alpha value is -3.30. The minimum Gasteiger partial charge on any atom is -0.436 e. The van der Waals surface area contributed by atoms with Gasteiger partial charge in [0.25, 0.3) is 0 Å². The molecule has 0 spiro atoms. The van der Waals surface area contributed by atoms with Gasteiger partial charge < -0.3 is 4.52 Å². The molecule has 0 saturated carbocycles. The van der Waals surface area contributed by atoms with Gasteiger partial charge in [-0.25, -0.2) is 0 Å². The molecule has 1 atom stereocenters. The van der Waals surface area contributed by atoms with Gasteiger partial charge in [-0.3, -0.25) is 4.57 Å². The molecule has 0 aliphatic rings. The second-order valence-corrected chi connectivity index (χ2v) is 9.14. The Morgan fingerprint density at radius 3 is 1.87 bits per heavy atom. The summed E-state index contributed by atoms with van der Waals surface area (Å²) in [6.07, 6.45) is -4.64. The van der Waals surface area contributed by atoms with Gasteiger partial charge in [0, 0.05) is 0 Å². The molecule has 0 aromatic heterocycles. The zero-order chi connectivity index (χ0) is 21.9. The first-order valence-corrected chi connectivity index (χ1v) is 11.2. The van der Waals surface area contributed by atoms with Crippen LogP contribution in [0.1, 0.15) is 5.56 Å². The summed E-state index contributed by atoms with van der Waals surface area (Å²) in [4.78, 5) is 0. The molecule has 0 heterocycles. The average Bonchev–Trinajstić information content (AvgIpc) is 2.80. The highest BCUT2D eigenvalue weighted by atomic mass is 31.2. The lowest BCUT2D eigenvalue weighted by Crippen LogP contribution is -2.23. The average molecular weight is 438 g/mol. The van der Waals surface area contributed by atoms with Crippen LogP contribution in [0.5, 0.6) is 5.75 Å². The number of halogens is 3. The number of benzene rings is 4. The monoisotopic (exact) mass is 438 g/mol. The van der Waals surface area contributed by atoms with Crippen molar-refractivity contribution < 1.29 is 22.3 Å². The van der Waals surface area contributed by atoms with Crippen molar-refractivity contribution in [2.75, 3.05) is 0 Å². The Morgan fingerprint density at radius 1 is 0.645 bits per heavy atom. The van der Waals surface area contributed by atoms with E-state index in [1.807, 2.05) is 30.3 Å².